The summed E-state index contributed by atoms with van der Waals surface area (Å²) in [7, 11) is 0. The van der Waals surface area contributed by atoms with Crippen LogP contribution in [0.25, 0.3) is 16.8 Å². The summed E-state index contributed by atoms with van der Waals surface area (Å²) >= 11 is 0. The number of pyridine rings is 1. The quantitative estimate of drug-likeness (QED) is 0.276. The summed E-state index contributed by atoms with van der Waals surface area (Å²) in [6.07, 6.45) is 1.57. The first-order valence-corrected chi connectivity index (χ1v) is 10.6. The van der Waals surface area contributed by atoms with E-state index in [2.05, 4.69) is 15.0 Å². The Morgan fingerprint density at radius 3 is 2.76 bits per heavy atom. The Balaban J connectivity index is 1.54. The van der Waals surface area contributed by atoms with Crippen molar-refractivity contribution in [1.82, 2.24) is 15.0 Å². The zero-order valence-electron chi connectivity index (χ0n) is 18.0. The smallest absolute Gasteiger partial charge is 0.302 e. The number of carbonyl (C=O) groups excluding carboxylic acids is 2. The minimum atomic E-state index is -0.978. The van der Waals surface area contributed by atoms with Crippen LogP contribution >= 0.6 is 0 Å². The van der Waals surface area contributed by atoms with Gasteiger partial charge in [-0.3, -0.25) is 19.5 Å². The van der Waals surface area contributed by atoms with Gasteiger partial charge in [0.05, 0.1) is 22.3 Å². The molecule has 2 aliphatic heterocycles. The first-order valence-electron chi connectivity index (χ1n) is 10.6. The monoisotopic (exact) mass is 454 g/mol. The number of hydrogen-bond donors (Lipinski definition) is 2. The number of imidazole rings is 1. The number of carbonyl (C=O) groups is 2. The molecule has 0 radical (unpaired) electrons. The molecule has 4 aromatic rings. The predicted octanol–water partition coefficient (Wildman–Crippen LogP) is 3.62. The van der Waals surface area contributed by atoms with E-state index in [0.29, 0.717) is 28.3 Å². The molecule has 0 saturated carbocycles. The fraction of sp³-hybridized carbons (Fsp3) is 0.120. The third-order valence-electron chi connectivity index (χ3n) is 5.91. The molecule has 2 aromatic heterocycles. The van der Waals surface area contributed by atoms with Gasteiger partial charge in [0.1, 0.15) is 11.8 Å². The fourth-order valence-electron chi connectivity index (χ4n) is 4.29. The summed E-state index contributed by atoms with van der Waals surface area (Å²) in [5.74, 6) is -0.794. The number of benzene rings is 2. The van der Waals surface area contributed by atoms with Crippen LogP contribution in [0.2, 0.25) is 0 Å². The molecule has 0 aliphatic carbocycles. The number of rotatable bonds is 3. The van der Waals surface area contributed by atoms with Crippen molar-refractivity contribution in [1.29, 1.82) is 0 Å². The highest BCUT2D eigenvalue weighted by Gasteiger charge is 2.49. The van der Waals surface area contributed by atoms with Crippen LogP contribution in [0.5, 0.6) is 11.5 Å². The van der Waals surface area contributed by atoms with E-state index in [0.717, 1.165) is 11.1 Å². The van der Waals surface area contributed by atoms with E-state index in [-0.39, 0.29) is 24.1 Å². The zero-order valence-corrected chi connectivity index (χ0v) is 18.0. The Hall–Kier alpha value is -4.66. The molecule has 0 bridgehead atoms. The lowest BCUT2D eigenvalue weighted by molar-refractivity contribution is -0.132. The largest absolute Gasteiger partial charge is 0.507 e. The summed E-state index contributed by atoms with van der Waals surface area (Å²) in [6, 6.07) is 14.7. The number of H-pyrrole nitrogens is 1. The topological polar surface area (TPSA) is 118 Å². The number of hydrogen-bond acceptors (Lipinski definition) is 7. The molecule has 168 valence electrons. The molecule has 6 rings (SSSR count). The minimum Gasteiger partial charge on any atom is -0.507 e. The van der Waals surface area contributed by atoms with Crippen LogP contribution in [0.3, 0.4) is 0 Å². The van der Waals surface area contributed by atoms with Crippen molar-refractivity contribution in [2.24, 2.45) is 0 Å². The van der Waals surface area contributed by atoms with Crippen LogP contribution < -0.4 is 14.4 Å². The number of ether oxygens (including phenoxy) is 2. The fourth-order valence-corrected chi connectivity index (χ4v) is 4.29. The third-order valence-corrected chi connectivity index (χ3v) is 5.91. The number of aryl methyl sites for hydroxylation is 1. The highest BCUT2D eigenvalue weighted by molar-refractivity contribution is 6.51. The predicted molar refractivity (Wildman–Crippen MR) is 122 cm³/mol. The first-order chi connectivity index (χ1) is 16.5. The molecule has 0 spiro atoms. The molecule has 1 atom stereocenters. The summed E-state index contributed by atoms with van der Waals surface area (Å²) in [5, 5.41) is 11.2. The zero-order chi connectivity index (χ0) is 23.4. The number of nitrogens with one attached hydrogen (secondary N) is 1. The van der Waals surface area contributed by atoms with Gasteiger partial charge in [0.15, 0.2) is 11.5 Å². The molecule has 2 N–H and O–H groups in total. The molecule has 1 saturated heterocycles. The number of amides is 1. The maximum absolute atomic E-state index is 13.3. The number of fused-ring (bicyclic) bond motifs is 2. The lowest BCUT2D eigenvalue weighted by Gasteiger charge is -2.22. The average molecular weight is 454 g/mol. The highest BCUT2D eigenvalue weighted by atomic mass is 16.7. The van der Waals surface area contributed by atoms with Gasteiger partial charge in [-0.15, -0.1) is 0 Å². The van der Waals surface area contributed by atoms with Crippen molar-refractivity contribution in [3.05, 3.63) is 83.2 Å². The second-order valence-electron chi connectivity index (χ2n) is 8.07. The number of nitrogens with zero attached hydrogens (tertiary/aromatic N) is 3. The van der Waals surface area contributed by atoms with E-state index in [1.54, 1.807) is 42.6 Å². The minimum absolute atomic E-state index is 0.0728. The van der Waals surface area contributed by atoms with Crippen molar-refractivity contribution in [3.8, 4) is 11.5 Å². The lowest BCUT2D eigenvalue weighted by Crippen LogP contribution is -2.30. The lowest BCUT2D eigenvalue weighted by atomic mass is 9.98. The maximum Gasteiger partial charge on any atom is 0.302 e. The van der Waals surface area contributed by atoms with Crippen molar-refractivity contribution in [2.45, 2.75) is 13.0 Å². The van der Waals surface area contributed by atoms with E-state index in [9.17, 15) is 14.7 Å². The Labute approximate surface area is 193 Å². The van der Waals surface area contributed by atoms with Crippen LogP contribution in [0.4, 0.5) is 5.95 Å². The van der Waals surface area contributed by atoms with Gasteiger partial charge in [0.2, 0.25) is 12.7 Å². The van der Waals surface area contributed by atoms with Gasteiger partial charge < -0.3 is 19.6 Å². The Kier molecular flexibility index (Phi) is 4.38. The molecular formula is C25H18N4O5. The number of aromatic amines is 1. The number of Topliss-reactive ketones (excluding diaryl/α,β-unsaturated/α-hetero) is 1. The van der Waals surface area contributed by atoms with Crippen LogP contribution in [-0.2, 0) is 9.59 Å². The number of aromatic nitrogens is 3. The molecular weight excluding hydrogens is 436 g/mol. The molecule has 2 aliphatic rings. The number of aliphatic hydroxyl groups is 1. The van der Waals surface area contributed by atoms with Crippen LogP contribution in [0.1, 0.15) is 22.9 Å². The third kappa shape index (κ3) is 3.01. The summed E-state index contributed by atoms with van der Waals surface area (Å²) in [4.78, 5) is 39.8. The van der Waals surface area contributed by atoms with E-state index < -0.39 is 17.7 Å². The summed E-state index contributed by atoms with van der Waals surface area (Å²) in [6.45, 7) is 2.02. The summed E-state index contributed by atoms with van der Waals surface area (Å²) < 4.78 is 10.7. The van der Waals surface area contributed by atoms with Crippen molar-refractivity contribution in [2.75, 3.05) is 11.7 Å². The molecule has 1 fully saturated rings. The molecule has 2 aromatic carbocycles. The van der Waals surface area contributed by atoms with Crippen molar-refractivity contribution >= 4 is 34.4 Å². The second-order valence-corrected chi connectivity index (χ2v) is 8.07. The van der Waals surface area contributed by atoms with Gasteiger partial charge in [-0.2, -0.15) is 0 Å². The molecule has 1 unspecified atom stereocenters. The van der Waals surface area contributed by atoms with Gasteiger partial charge in [0.25, 0.3) is 5.78 Å². The maximum atomic E-state index is 13.3. The summed E-state index contributed by atoms with van der Waals surface area (Å²) in [5.41, 5.74) is 3.06. The van der Waals surface area contributed by atoms with Gasteiger partial charge in [0, 0.05) is 11.8 Å². The molecule has 34 heavy (non-hydrogen) atoms. The molecule has 4 heterocycles. The van der Waals surface area contributed by atoms with Crippen molar-refractivity contribution < 1.29 is 24.2 Å². The standard InChI is InChI=1S/C25H18N4O5/c1-13-5-7-15-17(10-13)28-25(27-15)29-21(16-4-2-3-9-26-16)20(23(31)24(29)32)22(30)14-6-8-18-19(11-14)34-12-33-18/h2-11,21,30H,12H2,1H3,(H,27,28)/b22-20+. The number of aliphatic hydroxyl groups excluding tert-OH is 1. The van der Waals surface area contributed by atoms with Gasteiger partial charge in [-0.25, -0.2) is 4.98 Å². The van der Waals surface area contributed by atoms with E-state index in [4.69, 9.17) is 9.47 Å². The first kappa shape index (κ1) is 20.0. The number of ketones is 1. The van der Waals surface area contributed by atoms with E-state index in [1.165, 1.54) is 4.90 Å². The Morgan fingerprint density at radius 1 is 1.09 bits per heavy atom. The van der Waals surface area contributed by atoms with Gasteiger partial charge >= 0.3 is 5.91 Å². The van der Waals surface area contributed by atoms with Gasteiger partial charge in [-0.05, 0) is 55.0 Å². The second kappa shape index (κ2) is 7.45. The van der Waals surface area contributed by atoms with Gasteiger partial charge in [-0.1, -0.05) is 12.1 Å². The van der Waals surface area contributed by atoms with E-state index >= 15 is 0 Å². The normalized spacial score (nSPS) is 18.7. The molecule has 9 nitrogen and oxygen atoms in total. The Bertz CT molecular complexity index is 1510. The van der Waals surface area contributed by atoms with Crippen molar-refractivity contribution in [3.63, 3.8) is 0 Å². The molecule has 1 amide bonds. The molecule has 9 heteroatoms. The Morgan fingerprint density at radius 2 is 1.94 bits per heavy atom. The average Bonchev–Trinajstić information content (AvgIpc) is 3.55. The van der Waals surface area contributed by atoms with Crippen LogP contribution in [-0.4, -0.2) is 38.5 Å². The van der Waals surface area contributed by atoms with E-state index in [1.807, 2.05) is 25.1 Å². The van der Waals surface area contributed by atoms with Crippen LogP contribution in [0.15, 0.2) is 66.4 Å². The number of anilines is 1. The highest BCUT2D eigenvalue weighted by Crippen LogP contribution is 2.42. The van der Waals surface area contributed by atoms with Crippen LogP contribution in [0, 0.1) is 6.92 Å². The SMILES string of the molecule is Cc1ccc2nc(N3C(=O)C(=O)/C(=C(/O)c4ccc5c(c4)OCO5)C3c3ccccn3)[nH]c2c1.